The van der Waals surface area contributed by atoms with Gasteiger partial charge >= 0.3 is 11.9 Å². The Bertz CT molecular complexity index is 745. The van der Waals surface area contributed by atoms with E-state index >= 15 is 0 Å². The third-order valence-electron chi connectivity index (χ3n) is 8.71. The fourth-order valence-corrected chi connectivity index (χ4v) is 7.38. The van der Waals surface area contributed by atoms with E-state index in [-0.39, 0.29) is 17.9 Å². The van der Waals surface area contributed by atoms with Crippen LogP contribution in [0.25, 0.3) is 0 Å². The molecule has 0 spiro atoms. The maximum absolute atomic E-state index is 11.1. The van der Waals surface area contributed by atoms with Crippen LogP contribution in [0.1, 0.15) is 146 Å². The molecule has 0 aliphatic heterocycles. The van der Waals surface area contributed by atoms with Crippen LogP contribution < -0.4 is 16.0 Å². The van der Waals surface area contributed by atoms with Gasteiger partial charge in [0.2, 0.25) is 5.91 Å². The van der Waals surface area contributed by atoms with Gasteiger partial charge in [-0.2, -0.15) is 11.8 Å². The molecule has 41 heavy (non-hydrogen) atoms. The van der Waals surface area contributed by atoms with Crippen molar-refractivity contribution in [3.63, 3.8) is 0 Å². The number of thioether (sulfide) groups is 1. The molecular weight excluding hydrogens is 538 g/mol. The number of carboxylic acids is 2. The molecule has 9 heteroatoms. The highest BCUT2D eigenvalue weighted by Crippen LogP contribution is 2.23. The van der Waals surface area contributed by atoms with Crippen molar-refractivity contribution in [1.29, 1.82) is 0 Å². The Balaban J connectivity index is 0.000000234. The Morgan fingerprint density at radius 3 is 1.34 bits per heavy atom. The molecule has 0 saturated heterocycles. The van der Waals surface area contributed by atoms with E-state index in [0.29, 0.717) is 0 Å². The van der Waals surface area contributed by atoms with Crippen molar-refractivity contribution in [2.24, 2.45) is 0 Å². The normalized spacial score (nSPS) is 23.3. The first kappa shape index (κ1) is 31.1. The van der Waals surface area contributed by atoms with Crippen molar-refractivity contribution in [2.75, 3.05) is 11.5 Å². The summed E-state index contributed by atoms with van der Waals surface area (Å²) in [6, 6.07) is 2.14. The molecule has 4 rings (SSSR count). The van der Waals surface area contributed by atoms with Gasteiger partial charge in [-0.25, -0.2) is 4.79 Å². The van der Waals surface area contributed by atoms with Gasteiger partial charge in [0.15, 0.2) is 0 Å². The molecule has 0 heterocycles. The van der Waals surface area contributed by atoms with Gasteiger partial charge in [-0.05, 0) is 51.4 Å². The van der Waals surface area contributed by atoms with Gasteiger partial charge in [-0.15, -0.1) is 0 Å². The maximum atomic E-state index is 11.1. The molecule has 4 aliphatic rings. The molecule has 4 fully saturated rings. The van der Waals surface area contributed by atoms with Gasteiger partial charge in [0.25, 0.3) is 0 Å². The fraction of sp³-hybridized carbons (Fsp3) is 0.906. The summed E-state index contributed by atoms with van der Waals surface area (Å²) in [4.78, 5) is 32.1. The summed E-state index contributed by atoms with van der Waals surface area (Å²) < 4.78 is 20.4. The number of amides is 1. The molecule has 0 aromatic carbocycles. The summed E-state index contributed by atoms with van der Waals surface area (Å²) >= 11 is 1.01. The third-order valence-corrected chi connectivity index (χ3v) is 9.77. The van der Waals surface area contributed by atoms with E-state index in [1.807, 2.05) is 5.32 Å². The Hall–Kier alpha value is -1.32. The number of hydrogen-bond donors (Lipinski definition) is 5. The van der Waals surface area contributed by atoms with Gasteiger partial charge in [-0.3, -0.25) is 9.59 Å². The van der Waals surface area contributed by atoms with E-state index in [9.17, 15) is 14.4 Å². The molecule has 0 radical (unpaired) electrons. The van der Waals surface area contributed by atoms with Crippen LogP contribution in [0.15, 0.2) is 0 Å². The Morgan fingerprint density at radius 2 is 1.05 bits per heavy atom. The van der Waals surface area contributed by atoms with E-state index in [1.54, 1.807) is 0 Å². The summed E-state index contributed by atoms with van der Waals surface area (Å²) in [6.07, 6.45) is 29.0. The predicted octanol–water partition coefficient (Wildman–Crippen LogP) is 6.27. The van der Waals surface area contributed by atoms with Crippen LogP contribution in [-0.4, -0.2) is 69.8 Å². The molecule has 1 amide bonds. The average Bonchev–Trinajstić information content (AvgIpc) is 3.00. The highest BCUT2D eigenvalue weighted by atomic mass is 32.2. The number of carbonyl (C=O) groups excluding carboxylic acids is 1. The summed E-state index contributed by atoms with van der Waals surface area (Å²) in [7, 11) is 0. The molecule has 1 atom stereocenters. The zero-order valence-corrected chi connectivity index (χ0v) is 26.0. The highest BCUT2D eigenvalue weighted by Gasteiger charge is 2.21. The third kappa shape index (κ3) is 18.1. The van der Waals surface area contributed by atoms with Crippen molar-refractivity contribution in [1.82, 2.24) is 16.0 Å². The fourth-order valence-electron chi connectivity index (χ4n) is 6.44. The first-order valence-electron chi connectivity index (χ1n) is 17.9. The molecule has 0 aromatic rings. The summed E-state index contributed by atoms with van der Waals surface area (Å²) in [5.74, 6) is -3.63. The van der Waals surface area contributed by atoms with Crippen LogP contribution in [0.3, 0.4) is 0 Å². The van der Waals surface area contributed by atoms with Crippen molar-refractivity contribution < 1.29 is 28.7 Å². The molecule has 238 valence electrons. The monoisotopic (exact) mass is 600 g/mol. The van der Waals surface area contributed by atoms with Gasteiger partial charge in [0.1, 0.15) is 6.04 Å². The second kappa shape index (κ2) is 22.3. The maximum Gasteiger partial charge on any atom is 0.327 e. The Kier molecular flexibility index (Phi) is 16.9. The first-order chi connectivity index (χ1) is 21.0. The molecule has 8 nitrogen and oxygen atoms in total. The number of hydrogen-bond acceptors (Lipinski definition) is 6. The number of rotatable bonds is 11. The zero-order chi connectivity index (χ0) is 32.2. The van der Waals surface area contributed by atoms with Crippen molar-refractivity contribution in [3.05, 3.63) is 0 Å². The highest BCUT2D eigenvalue weighted by molar-refractivity contribution is 7.99. The smallest absolute Gasteiger partial charge is 0.327 e. The average molecular weight is 601 g/mol. The first-order valence-corrected chi connectivity index (χ1v) is 17.6. The van der Waals surface area contributed by atoms with E-state index in [4.69, 9.17) is 14.3 Å². The van der Waals surface area contributed by atoms with Crippen LogP contribution in [0.5, 0.6) is 0 Å². The lowest BCUT2D eigenvalue weighted by Gasteiger charge is -2.30. The molecule has 0 unspecified atom stereocenters. The van der Waals surface area contributed by atoms with E-state index in [0.717, 1.165) is 35.9 Å². The van der Waals surface area contributed by atoms with E-state index < -0.39 is 30.7 Å². The minimum Gasteiger partial charge on any atom is -0.481 e. The Morgan fingerprint density at radius 1 is 0.683 bits per heavy atom. The molecule has 4 saturated carbocycles. The van der Waals surface area contributed by atoms with Crippen molar-refractivity contribution >= 4 is 29.6 Å². The molecule has 5 N–H and O–H groups in total. The topological polar surface area (TPSA) is 128 Å². The summed E-state index contributed by atoms with van der Waals surface area (Å²) in [5.41, 5.74) is 0. The van der Waals surface area contributed by atoms with Crippen molar-refractivity contribution in [2.45, 2.75) is 172 Å². The van der Waals surface area contributed by atoms with Gasteiger partial charge in [-0.1, -0.05) is 77.0 Å². The lowest BCUT2D eigenvalue weighted by molar-refractivity contribution is -0.140. The lowest BCUT2D eigenvalue weighted by Crippen LogP contribution is -2.41. The number of carbonyl (C=O) groups is 3. The van der Waals surface area contributed by atoms with Gasteiger partial charge < -0.3 is 26.2 Å². The van der Waals surface area contributed by atoms with Gasteiger partial charge in [0, 0.05) is 46.6 Å². The zero-order valence-electron chi connectivity index (χ0n) is 28.2. The van der Waals surface area contributed by atoms with Crippen LogP contribution in [0.2, 0.25) is 0 Å². The second-order valence-electron chi connectivity index (χ2n) is 12.3. The number of carboxylic acid groups (broad SMARTS) is 2. The second-order valence-corrected chi connectivity index (χ2v) is 13.4. The van der Waals surface area contributed by atoms with E-state index in [2.05, 4.69) is 10.6 Å². The molecule has 0 bridgehead atoms. The Labute approximate surface area is 257 Å². The van der Waals surface area contributed by atoms with Crippen LogP contribution in [0, 0.1) is 0 Å². The minimum atomic E-state index is -2.90. The molecule has 4 aliphatic carbocycles. The molecular formula is C32H59N3O5S. The quantitative estimate of drug-likeness (QED) is 0.176. The molecule has 0 aromatic heterocycles. The van der Waals surface area contributed by atoms with Crippen LogP contribution in [0.4, 0.5) is 0 Å². The number of nitrogens with one attached hydrogen (secondary N) is 3. The van der Waals surface area contributed by atoms with Crippen LogP contribution >= 0.6 is 11.8 Å². The van der Waals surface area contributed by atoms with Crippen LogP contribution in [-0.2, 0) is 14.4 Å². The summed E-state index contributed by atoms with van der Waals surface area (Å²) in [6.45, 7) is -2.90. The standard InChI is InChI=1S/2C12H23N.C8H13NO5S/c2*1-3-7-11(8-4-1)13-12-9-5-2-6-10-12;1-5(10)9-6(8(13)14)4-15-3-2-7(11)12/h2*11-13H,1-10H2;6H,2-4H2,1H3,(H,9,10)(H,11,12)(H,13,14)/t;;6-/m..0/s1/i;;1D3. The van der Waals surface area contributed by atoms with Gasteiger partial charge in [0.05, 0.1) is 6.42 Å². The largest absolute Gasteiger partial charge is 0.481 e. The van der Waals surface area contributed by atoms with Crippen molar-refractivity contribution in [3.8, 4) is 0 Å². The summed E-state index contributed by atoms with van der Waals surface area (Å²) in [5, 5.41) is 26.7. The SMILES string of the molecule is C1CCC(NC2CCCCC2)CC1.C1CCC(NC2CCCCC2)CC1.[2H]C([2H])([2H])C(=O)N[C@@H](CSCCC(=O)O)C(=O)O. The van der Waals surface area contributed by atoms with E-state index in [1.165, 1.54) is 128 Å². The predicted molar refractivity (Wildman–Crippen MR) is 169 cm³/mol. The number of aliphatic carboxylic acids is 2. The minimum absolute atomic E-state index is 0.0928. The lowest BCUT2D eigenvalue weighted by atomic mass is 9.91.